The van der Waals surface area contributed by atoms with E-state index in [2.05, 4.69) is 5.10 Å². The largest absolute Gasteiger partial charge is 0.342 e. The Kier molecular flexibility index (Phi) is 4.94. The highest BCUT2D eigenvalue weighted by molar-refractivity contribution is 7.90. The van der Waals surface area contributed by atoms with Gasteiger partial charge in [0.15, 0.2) is 0 Å². The number of sulfone groups is 1. The van der Waals surface area contributed by atoms with Crippen LogP contribution < -0.4 is 0 Å². The summed E-state index contributed by atoms with van der Waals surface area (Å²) < 4.78 is 24.5. The molecule has 0 radical (unpaired) electrons. The molecule has 0 unspecified atom stereocenters. The van der Waals surface area contributed by atoms with Gasteiger partial charge in [-0.2, -0.15) is 5.10 Å². The van der Waals surface area contributed by atoms with Crippen LogP contribution in [0, 0.1) is 0 Å². The number of nitrogens with zero attached hydrogens (tertiary/aromatic N) is 3. The SMILES string of the molecule is Cn1nc(-c2ccccc2)c2c1CCN(C(=O)CCS(C)(=O)=O)CC2. The number of carbonyl (C=O) groups excluding carboxylic acids is 1. The molecule has 134 valence electrons. The Labute approximate surface area is 148 Å². The molecule has 1 aliphatic heterocycles. The monoisotopic (exact) mass is 361 g/mol. The number of carbonyl (C=O) groups is 1. The summed E-state index contributed by atoms with van der Waals surface area (Å²) in [6.07, 6.45) is 2.68. The molecule has 0 aliphatic carbocycles. The summed E-state index contributed by atoms with van der Waals surface area (Å²) in [5.74, 6) is -0.181. The topological polar surface area (TPSA) is 72.3 Å². The molecule has 1 aromatic carbocycles. The standard InChI is InChI=1S/C18H23N3O3S/c1-20-16-9-12-21(17(22)10-13-25(2,23)24)11-8-15(16)18(19-20)14-6-4-3-5-7-14/h3-7H,8-13H2,1-2H3. The molecule has 0 bridgehead atoms. The van der Waals surface area contributed by atoms with Gasteiger partial charge in [0.2, 0.25) is 5.91 Å². The maximum Gasteiger partial charge on any atom is 0.223 e. The van der Waals surface area contributed by atoms with E-state index in [0.717, 1.165) is 36.0 Å². The molecule has 2 aromatic rings. The highest BCUT2D eigenvalue weighted by Gasteiger charge is 2.24. The molecule has 0 spiro atoms. The summed E-state index contributed by atoms with van der Waals surface area (Å²) in [6, 6.07) is 10.1. The van der Waals surface area contributed by atoms with Crippen molar-refractivity contribution in [2.75, 3.05) is 25.1 Å². The van der Waals surface area contributed by atoms with E-state index in [1.807, 2.05) is 42.1 Å². The van der Waals surface area contributed by atoms with Crippen LogP contribution >= 0.6 is 0 Å². The summed E-state index contributed by atoms with van der Waals surface area (Å²) in [5, 5.41) is 4.68. The summed E-state index contributed by atoms with van der Waals surface area (Å²) in [6.45, 7) is 1.20. The van der Waals surface area contributed by atoms with Crippen molar-refractivity contribution in [1.29, 1.82) is 0 Å². The third-order valence-corrected chi connectivity index (χ3v) is 5.56. The Balaban J connectivity index is 1.78. The molecule has 0 saturated heterocycles. The van der Waals surface area contributed by atoms with Crippen LogP contribution in [-0.4, -0.2) is 54.1 Å². The molecule has 0 atom stereocenters. The Morgan fingerprint density at radius 1 is 1.16 bits per heavy atom. The Hall–Kier alpha value is -2.15. The van der Waals surface area contributed by atoms with Crippen LogP contribution in [0.5, 0.6) is 0 Å². The zero-order valence-corrected chi connectivity index (χ0v) is 15.4. The number of hydrogen-bond acceptors (Lipinski definition) is 4. The van der Waals surface area contributed by atoms with Crippen molar-refractivity contribution in [3.05, 3.63) is 41.6 Å². The maximum atomic E-state index is 12.3. The summed E-state index contributed by atoms with van der Waals surface area (Å²) in [7, 11) is -1.18. The number of hydrogen-bond donors (Lipinski definition) is 0. The van der Waals surface area contributed by atoms with E-state index in [1.54, 1.807) is 4.90 Å². The molecule has 1 amide bonds. The average Bonchev–Trinajstić information content (AvgIpc) is 2.75. The van der Waals surface area contributed by atoms with E-state index in [0.29, 0.717) is 13.1 Å². The lowest BCUT2D eigenvalue weighted by atomic mass is 10.0. The first-order valence-electron chi connectivity index (χ1n) is 8.41. The van der Waals surface area contributed by atoms with Gasteiger partial charge in [0.25, 0.3) is 0 Å². The van der Waals surface area contributed by atoms with Gasteiger partial charge in [-0.05, 0) is 6.42 Å². The van der Waals surface area contributed by atoms with E-state index in [4.69, 9.17) is 0 Å². The Morgan fingerprint density at radius 3 is 2.52 bits per heavy atom. The van der Waals surface area contributed by atoms with Crippen molar-refractivity contribution < 1.29 is 13.2 Å². The van der Waals surface area contributed by atoms with Gasteiger partial charge in [-0.3, -0.25) is 9.48 Å². The lowest BCUT2D eigenvalue weighted by Gasteiger charge is -2.20. The van der Waals surface area contributed by atoms with E-state index < -0.39 is 9.84 Å². The Morgan fingerprint density at radius 2 is 1.84 bits per heavy atom. The van der Waals surface area contributed by atoms with Crippen LogP contribution in [-0.2, 0) is 34.5 Å². The number of fused-ring (bicyclic) bond motifs is 1. The molecule has 6 nitrogen and oxygen atoms in total. The molecule has 0 fully saturated rings. The van der Waals surface area contributed by atoms with E-state index in [1.165, 1.54) is 5.56 Å². The highest BCUT2D eigenvalue weighted by atomic mass is 32.2. The predicted octanol–water partition coefficient (Wildman–Crippen LogP) is 1.45. The molecule has 0 N–H and O–H groups in total. The first-order valence-corrected chi connectivity index (χ1v) is 10.5. The third-order valence-electron chi connectivity index (χ3n) is 4.61. The highest BCUT2D eigenvalue weighted by Crippen LogP contribution is 2.28. The molecule has 7 heteroatoms. The second-order valence-corrected chi connectivity index (χ2v) is 8.78. The van der Waals surface area contributed by atoms with Crippen molar-refractivity contribution in [3.8, 4) is 11.3 Å². The normalized spacial score (nSPS) is 14.9. The zero-order valence-electron chi connectivity index (χ0n) is 14.6. The van der Waals surface area contributed by atoms with Crippen molar-refractivity contribution in [2.45, 2.75) is 19.3 Å². The van der Waals surface area contributed by atoms with Crippen molar-refractivity contribution in [2.24, 2.45) is 7.05 Å². The predicted molar refractivity (Wildman–Crippen MR) is 97.0 cm³/mol. The average molecular weight is 361 g/mol. The van der Waals surface area contributed by atoms with Crippen molar-refractivity contribution >= 4 is 15.7 Å². The minimum absolute atomic E-state index is 0.0545. The fourth-order valence-corrected chi connectivity index (χ4v) is 3.83. The molecule has 0 saturated carbocycles. The van der Waals surface area contributed by atoms with E-state index in [9.17, 15) is 13.2 Å². The molecular formula is C18H23N3O3S. The fraction of sp³-hybridized carbons (Fsp3) is 0.444. The number of amides is 1. The zero-order chi connectivity index (χ0) is 18.0. The first-order chi connectivity index (χ1) is 11.8. The molecule has 3 rings (SSSR count). The van der Waals surface area contributed by atoms with Gasteiger partial charge in [-0.1, -0.05) is 30.3 Å². The van der Waals surface area contributed by atoms with Crippen LogP contribution in [0.1, 0.15) is 17.7 Å². The number of aryl methyl sites for hydroxylation is 1. The number of rotatable bonds is 4. The molecule has 1 aliphatic rings. The minimum atomic E-state index is -3.12. The number of benzene rings is 1. The minimum Gasteiger partial charge on any atom is -0.342 e. The molecule has 2 heterocycles. The first kappa shape index (κ1) is 17.7. The third kappa shape index (κ3) is 4.10. The van der Waals surface area contributed by atoms with Crippen LogP contribution in [0.15, 0.2) is 30.3 Å². The second kappa shape index (κ2) is 7.00. The quantitative estimate of drug-likeness (QED) is 0.826. The van der Waals surface area contributed by atoms with Crippen LogP contribution in [0.25, 0.3) is 11.3 Å². The second-order valence-electron chi connectivity index (χ2n) is 6.52. The van der Waals surface area contributed by atoms with E-state index >= 15 is 0 Å². The van der Waals surface area contributed by atoms with Gasteiger partial charge >= 0.3 is 0 Å². The van der Waals surface area contributed by atoms with Gasteiger partial charge < -0.3 is 4.90 Å². The molecular weight excluding hydrogens is 338 g/mol. The van der Waals surface area contributed by atoms with Gasteiger partial charge in [-0.25, -0.2) is 8.42 Å². The summed E-state index contributed by atoms with van der Waals surface area (Å²) in [4.78, 5) is 14.1. The lowest BCUT2D eigenvalue weighted by Crippen LogP contribution is -2.34. The maximum absolute atomic E-state index is 12.3. The fourth-order valence-electron chi connectivity index (χ4n) is 3.29. The van der Waals surface area contributed by atoms with Crippen molar-refractivity contribution in [3.63, 3.8) is 0 Å². The number of aromatic nitrogens is 2. The van der Waals surface area contributed by atoms with Gasteiger partial charge in [0, 0.05) is 56.1 Å². The Bertz CT molecular complexity index is 872. The smallest absolute Gasteiger partial charge is 0.223 e. The summed E-state index contributed by atoms with van der Waals surface area (Å²) >= 11 is 0. The van der Waals surface area contributed by atoms with Crippen LogP contribution in [0.2, 0.25) is 0 Å². The van der Waals surface area contributed by atoms with Gasteiger partial charge in [0.05, 0.1) is 11.4 Å². The van der Waals surface area contributed by atoms with Crippen LogP contribution in [0.4, 0.5) is 0 Å². The lowest BCUT2D eigenvalue weighted by molar-refractivity contribution is -0.130. The molecule has 1 aromatic heterocycles. The molecule has 25 heavy (non-hydrogen) atoms. The van der Waals surface area contributed by atoms with Gasteiger partial charge in [0.1, 0.15) is 9.84 Å². The van der Waals surface area contributed by atoms with Crippen LogP contribution in [0.3, 0.4) is 0 Å². The summed E-state index contributed by atoms with van der Waals surface area (Å²) in [5.41, 5.74) is 4.39. The van der Waals surface area contributed by atoms with Crippen molar-refractivity contribution in [1.82, 2.24) is 14.7 Å². The van der Waals surface area contributed by atoms with E-state index in [-0.39, 0.29) is 18.1 Å². The van der Waals surface area contributed by atoms with Gasteiger partial charge in [-0.15, -0.1) is 0 Å².